The van der Waals surface area contributed by atoms with E-state index >= 15 is 0 Å². The predicted molar refractivity (Wildman–Crippen MR) is 61.6 cm³/mol. The van der Waals surface area contributed by atoms with Gasteiger partial charge in [-0.1, -0.05) is 26.2 Å². The van der Waals surface area contributed by atoms with Gasteiger partial charge in [-0.15, -0.1) is 0 Å². The molecule has 2 aliphatic rings. The third-order valence-corrected chi connectivity index (χ3v) is 3.84. The highest BCUT2D eigenvalue weighted by molar-refractivity contribution is 4.82. The summed E-state index contributed by atoms with van der Waals surface area (Å²) in [6, 6.07) is 0.167. The summed E-state index contributed by atoms with van der Waals surface area (Å²) < 4.78 is 0. The van der Waals surface area contributed by atoms with E-state index in [1.807, 2.05) is 0 Å². The zero-order chi connectivity index (χ0) is 11.5. The Hall–Kier alpha value is -0.680. The minimum Gasteiger partial charge on any atom is -0.264 e. The first-order valence-corrected chi connectivity index (χ1v) is 6.37. The maximum atomic E-state index is 10.8. The molecule has 1 aliphatic carbocycles. The molecular weight excluding hydrogens is 206 g/mol. The van der Waals surface area contributed by atoms with Gasteiger partial charge in [0.05, 0.1) is 13.1 Å². The van der Waals surface area contributed by atoms with Crippen molar-refractivity contribution in [3.8, 4) is 0 Å². The number of rotatable bonds is 3. The second-order valence-electron chi connectivity index (χ2n) is 4.86. The number of likely N-dealkylation sites (N-methyl/N-ethyl adjacent to an activating group) is 1. The Labute approximate surface area is 96.5 Å². The zero-order valence-electron chi connectivity index (χ0n) is 9.97. The summed E-state index contributed by atoms with van der Waals surface area (Å²) in [5.74, 6) is 0. The average Bonchev–Trinajstić information content (AvgIpc) is 2.74. The number of nitro groups is 1. The van der Waals surface area contributed by atoms with Gasteiger partial charge in [0.1, 0.15) is 0 Å². The van der Waals surface area contributed by atoms with Crippen LogP contribution < -0.4 is 0 Å². The van der Waals surface area contributed by atoms with Gasteiger partial charge < -0.3 is 0 Å². The smallest absolute Gasteiger partial charge is 0.240 e. The third-order valence-electron chi connectivity index (χ3n) is 3.84. The van der Waals surface area contributed by atoms with Gasteiger partial charge in [0.25, 0.3) is 0 Å². The lowest BCUT2D eigenvalue weighted by Crippen LogP contribution is -2.44. The summed E-state index contributed by atoms with van der Waals surface area (Å²) in [5, 5.41) is 15.3. The lowest BCUT2D eigenvalue weighted by Gasteiger charge is -2.35. The van der Waals surface area contributed by atoms with Gasteiger partial charge in [0.15, 0.2) is 0 Å². The van der Waals surface area contributed by atoms with Crippen LogP contribution in [0.5, 0.6) is 0 Å². The van der Waals surface area contributed by atoms with Crippen LogP contribution in [0.3, 0.4) is 0 Å². The van der Waals surface area contributed by atoms with Crippen molar-refractivity contribution in [2.24, 2.45) is 0 Å². The first-order chi connectivity index (χ1) is 7.72. The van der Waals surface area contributed by atoms with Crippen LogP contribution in [0.25, 0.3) is 0 Å². The molecule has 1 saturated heterocycles. The van der Waals surface area contributed by atoms with Crippen molar-refractivity contribution in [1.29, 1.82) is 0 Å². The van der Waals surface area contributed by atoms with Crippen LogP contribution in [0.2, 0.25) is 0 Å². The van der Waals surface area contributed by atoms with Crippen molar-refractivity contribution in [1.82, 2.24) is 10.0 Å². The molecule has 0 radical (unpaired) electrons. The van der Waals surface area contributed by atoms with E-state index in [-0.39, 0.29) is 11.0 Å². The Bertz CT molecular complexity index is 254. The van der Waals surface area contributed by atoms with E-state index in [9.17, 15) is 10.1 Å². The molecule has 0 bridgehead atoms. The lowest BCUT2D eigenvalue weighted by atomic mass is 9.95. The standard InChI is InChI=1S/C11H21N3O2/c1-2-12-8-11(14(15)16)9-13(12)10-6-4-3-5-7-10/h10-11H,2-9H2,1H3. The maximum Gasteiger partial charge on any atom is 0.240 e. The summed E-state index contributed by atoms with van der Waals surface area (Å²) in [6.45, 7) is 4.19. The van der Waals surface area contributed by atoms with Crippen LogP contribution in [0, 0.1) is 10.1 Å². The van der Waals surface area contributed by atoms with Crippen molar-refractivity contribution < 1.29 is 4.92 Å². The van der Waals surface area contributed by atoms with E-state index in [2.05, 4.69) is 16.9 Å². The molecule has 2 rings (SSSR count). The number of hydrogen-bond acceptors (Lipinski definition) is 4. The second-order valence-corrected chi connectivity index (χ2v) is 4.86. The molecule has 0 spiro atoms. The molecule has 0 amide bonds. The van der Waals surface area contributed by atoms with Crippen molar-refractivity contribution in [2.45, 2.75) is 51.1 Å². The molecule has 5 nitrogen and oxygen atoms in total. The Morgan fingerprint density at radius 2 is 1.94 bits per heavy atom. The van der Waals surface area contributed by atoms with E-state index in [0.717, 1.165) is 6.54 Å². The molecule has 1 unspecified atom stereocenters. The summed E-state index contributed by atoms with van der Waals surface area (Å²) in [6.07, 6.45) is 6.31. The average molecular weight is 227 g/mol. The molecule has 0 aromatic heterocycles. The van der Waals surface area contributed by atoms with Gasteiger partial charge in [0.2, 0.25) is 6.04 Å². The fraction of sp³-hybridized carbons (Fsp3) is 1.00. The molecule has 2 fully saturated rings. The maximum absolute atomic E-state index is 10.8. The van der Waals surface area contributed by atoms with Gasteiger partial charge >= 0.3 is 0 Å². The third kappa shape index (κ3) is 2.35. The number of hydrogen-bond donors (Lipinski definition) is 0. The van der Waals surface area contributed by atoms with Crippen LogP contribution in [-0.4, -0.2) is 46.7 Å². The summed E-state index contributed by atoms with van der Waals surface area (Å²) in [5.41, 5.74) is 0. The van der Waals surface area contributed by atoms with Gasteiger partial charge in [0, 0.05) is 17.5 Å². The molecule has 1 heterocycles. The molecule has 0 N–H and O–H groups in total. The van der Waals surface area contributed by atoms with E-state index in [1.165, 1.54) is 32.1 Å². The van der Waals surface area contributed by atoms with E-state index in [0.29, 0.717) is 19.1 Å². The molecular formula is C11H21N3O2. The first-order valence-electron chi connectivity index (χ1n) is 6.37. The molecule has 5 heteroatoms. The van der Waals surface area contributed by atoms with E-state index in [1.54, 1.807) is 0 Å². The lowest BCUT2D eigenvalue weighted by molar-refractivity contribution is -0.515. The van der Waals surface area contributed by atoms with Crippen molar-refractivity contribution in [2.75, 3.05) is 19.6 Å². The fourth-order valence-electron chi connectivity index (χ4n) is 2.94. The Kier molecular flexibility index (Phi) is 3.76. The van der Waals surface area contributed by atoms with Gasteiger partial charge in [-0.25, -0.2) is 10.0 Å². The molecule has 0 aromatic carbocycles. The Morgan fingerprint density at radius 1 is 1.25 bits per heavy atom. The second kappa shape index (κ2) is 5.10. The quantitative estimate of drug-likeness (QED) is 0.542. The predicted octanol–water partition coefficient (Wildman–Crippen LogP) is 1.52. The molecule has 1 atom stereocenters. The van der Waals surface area contributed by atoms with Gasteiger partial charge in [-0.2, -0.15) is 0 Å². The monoisotopic (exact) mass is 227 g/mol. The van der Waals surface area contributed by atoms with E-state index in [4.69, 9.17) is 0 Å². The van der Waals surface area contributed by atoms with Crippen LogP contribution in [-0.2, 0) is 0 Å². The highest BCUT2D eigenvalue weighted by Crippen LogP contribution is 2.27. The van der Waals surface area contributed by atoms with Gasteiger partial charge in [-0.3, -0.25) is 10.1 Å². The molecule has 0 aromatic rings. The fourth-order valence-corrected chi connectivity index (χ4v) is 2.94. The van der Waals surface area contributed by atoms with Crippen LogP contribution in [0.1, 0.15) is 39.0 Å². The molecule has 1 saturated carbocycles. The topological polar surface area (TPSA) is 49.6 Å². The minimum atomic E-state index is -0.387. The zero-order valence-corrected chi connectivity index (χ0v) is 9.97. The molecule has 92 valence electrons. The summed E-state index contributed by atoms with van der Waals surface area (Å²) >= 11 is 0. The van der Waals surface area contributed by atoms with Gasteiger partial charge in [-0.05, 0) is 12.8 Å². The summed E-state index contributed by atoms with van der Waals surface area (Å²) in [4.78, 5) is 10.7. The number of nitrogens with zero attached hydrogens (tertiary/aromatic N) is 3. The highest BCUT2D eigenvalue weighted by atomic mass is 16.6. The van der Waals surface area contributed by atoms with Crippen LogP contribution >= 0.6 is 0 Å². The molecule has 1 aliphatic heterocycles. The van der Waals surface area contributed by atoms with Crippen molar-refractivity contribution in [3.63, 3.8) is 0 Å². The minimum absolute atomic E-state index is 0.120. The van der Waals surface area contributed by atoms with Crippen molar-refractivity contribution >= 4 is 0 Å². The molecule has 16 heavy (non-hydrogen) atoms. The SMILES string of the molecule is CCN1CC([N+](=O)[O-])CN1C1CCCCC1. The Morgan fingerprint density at radius 3 is 2.50 bits per heavy atom. The van der Waals surface area contributed by atoms with E-state index < -0.39 is 0 Å². The normalized spacial score (nSPS) is 29.7. The highest BCUT2D eigenvalue weighted by Gasteiger charge is 2.39. The van der Waals surface area contributed by atoms with Crippen LogP contribution in [0.4, 0.5) is 0 Å². The Balaban J connectivity index is 1.98. The largest absolute Gasteiger partial charge is 0.264 e. The number of hydrazine groups is 1. The van der Waals surface area contributed by atoms with Crippen molar-refractivity contribution in [3.05, 3.63) is 10.1 Å². The van der Waals surface area contributed by atoms with Crippen LogP contribution in [0.15, 0.2) is 0 Å². The summed E-state index contributed by atoms with van der Waals surface area (Å²) in [7, 11) is 0. The first kappa shape index (κ1) is 11.8.